The molecule has 1 aliphatic heterocycles. The van der Waals surface area contributed by atoms with Gasteiger partial charge in [0.25, 0.3) is 0 Å². The van der Waals surface area contributed by atoms with Crippen LogP contribution >= 0.6 is 0 Å². The molecule has 0 amide bonds. The van der Waals surface area contributed by atoms with Crippen LogP contribution in [0.4, 0.5) is 4.39 Å². The van der Waals surface area contributed by atoms with Gasteiger partial charge < -0.3 is 10.5 Å². The summed E-state index contributed by atoms with van der Waals surface area (Å²) in [7, 11) is 0. The van der Waals surface area contributed by atoms with Gasteiger partial charge in [0.1, 0.15) is 5.82 Å². The van der Waals surface area contributed by atoms with E-state index in [0.29, 0.717) is 11.5 Å². The van der Waals surface area contributed by atoms with E-state index in [2.05, 4.69) is 0 Å². The zero-order chi connectivity index (χ0) is 13.3. The normalized spacial score (nSPS) is 27.6. The highest BCUT2D eigenvalue weighted by molar-refractivity contribution is 5.22. The molecule has 1 spiro atoms. The first kappa shape index (κ1) is 13.1. The van der Waals surface area contributed by atoms with Gasteiger partial charge in [-0.15, -0.1) is 0 Å². The number of rotatable bonds is 2. The topological polar surface area (TPSA) is 35.2 Å². The van der Waals surface area contributed by atoms with Crippen molar-refractivity contribution < 1.29 is 9.13 Å². The van der Waals surface area contributed by atoms with Crippen LogP contribution in [0, 0.1) is 11.7 Å². The predicted octanol–water partition coefficient (Wildman–Crippen LogP) is 3.56. The van der Waals surface area contributed by atoms with E-state index in [4.69, 9.17) is 10.5 Å². The molecule has 1 saturated heterocycles. The van der Waals surface area contributed by atoms with Gasteiger partial charge in [0, 0.05) is 18.2 Å². The van der Waals surface area contributed by atoms with Crippen LogP contribution < -0.4 is 5.73 Å². The van der Waals surface area contributed by atoms with Crippen molar-refractivity contribution in [2.75, 3.05) is 6.61 Å². The molecule has 104 valence electrons. The van der Waals surface area contributed by atoms with Crippen LogP contribution in [0.2, 0.25) is 0 Å². The van der Waals surface area contributed by atoms with E-state index >= 15 is 0 Å². The molecule has 0 bridgehead atoms. The van der Waals surface area contributed by atoms with Crippen LogP contribution in [0.25, 0.3) is 0 Å². The van der Waals surface area contributed by atoms with E-state index < -0.39 is 0 Å². The van der Waals surface area contributed by atoms with Crippen molar-refractivity contribution in [3.63, 3.8) is 0 Å². The van der Waals surface area contributed by atoms with Crippen LogP contribution in [-0.2, 0) is 4.74 Å². The lowest BCUT2D eigenvalue weighted by Gasteiger charge is -2.40. The smallest absolute Gasteiger partial charge is 0.127 e. The minimum absolute atomic E-state index is 0.0474. The number of hydrogen-bond acceptors (Lipinski definition) is 2. The molecule has 1 aliphatic carbocycles. The van der Waals surface area contributed by atoms with Gasteiger partial charge in [0.05, 0.1) is 5.60 Å². The van der Waals surface area contributed by atoms with Crippen LogP contribution in [0.1, 0.15) is 50.1 Å². The largest absolute Gasteiger partial charge is 0.375 e. The van der Waals surface area contributed by atoms with Crippen molar-refractivity contribution in [1.29, 1.82) is 0 Å². The number of hydrogen-bond donors (Lipinski definition) is 1. The van der Waals surface area contributed by atoms with Gasteiger partial charge in [-0.3, -0.25) is 0 Å². The molecule has 2 fully saturated rings. The highest BCUT2D eigenvalue weighted by atomic mass is 19.1. The summed E-state index contributed by atoms with van der Waals surface area (Å²) in [5, 5.41) is 0. The molecular weight excluding hydrogens is 241 g/mol. The fourth-order valence-electron chi connectivity index (χ4n) is 3.74. The molecule has 3 heteroatoms. The Labute approximate surface area is 114 Å². The summed E-state index contributed by atoms with van der Waals surface area (Å²) in [4.78, 5) is 0. The minimum atomic E-state index is -0.206. The maximum atomic E-state index is 13.9. The first-order valence-corrected chi connectivity index (χ1v) is 7.34. The Morgan fingerprint density at radius 2 is 2.00 bits per heavy atom. The Morgan fingerprint density at radius 3 is 2.74 bits per heavy atom. The zero-order valence-corrected chi connectivity index (χ0v) is 11.3. The van der Waals surface area contributed by atoms with Gasteiger partial charge in [-0.25, -0.2) is 4.39 Å². The molecule has 0 radical (unpaired) electrons. The first-order valence-electron chi connectivity index (χ1n) is 7.34. The lowest BCUT2D eigenvalue weighted by atomic mass is 9.79. The summed E-state index contributed by atoms with van der Waals surface area (Å²) in [5.74, 6) is 0.158. The minimum Gasteiger partial charge on any atom is -0.375 e. The third-order valence-corrected chi connectivity index (χ3v) is 4.82. The average molecular weight is 263 g/mol. The van der Waals surface area contributed by atoms with Crippen molar-refractivity contribution in [3.8, 4) is 0 Å². The molecule has 2 N–H and O–H groups in total. The second-order valence-corrected chi connectivity index (χ2v) is 6.04. The number of nitrogens with two attached hydrogens (primary N) is 1. The number of ether oxygens (including phenoxy) is 1. The summed E-state index contributed by atoms with van der Waals surface area (Å²) in [6.07, 6.45) is 6.73. The molecule has 3 rings (SSSR count). The molecule has 1 aromatic carbocycles. The van der Waals surface area contributed by atoms with Gasteiger partial charge in [-0.1, -0.05) is 31.0 Å². The van der Waals surface area contributed by atoms with Gasteiger partial charge in [0.2, 0.25) is 0 Å². The van der Waals surface area contributed by atoms with Crippen molar-refractivity contribution in [1.82, 2.24) is 0 Å². The van der Waals surface area contributed by atoms with Gasteiger partial charge in [0.15, 0.2) is 0 Å². The Kier molecular flexibility index (Phi) is 3.59. The van der Waals surface area contributed by atoms with Crippen LogP contribution in [-0.4, -0.2) is 12.2 Å². The Balaban J connectivity index is 1.76. The zero-order valence-electron chi connectivity index (χ0n) is 11.3. The molecule has 1 heterocycles. The second-order valence-electron chi connectivity index (χ2n) is 6.04. The molecule has 2 atom stereocenters. The van der Waals surface area contributed by atoms with E-state index in [-0.39, 0.29) is 17.5 Å². The third kappa shape index (κ3) is 2.54. The van der Waals surface area contributed by atoms with E-state index in [0.717, 1.165) is 32.3 Å². The van der Waals surface area contributed by atoms with E-state index in [1.807, 2.05) is 12.1 Å². The third-order valence-electron chi connectivity index (χ3n) is 4.82. The molecule has 2 aliphatic rings. The van der Waals surface area contributed by atoms with Crippen LogP contribution in [0.3, 0.4) is 0 Å². The number of halogens is 1. The van der Waals surface area contributed by atoms with Gasteiger partial charge in [-0.2, -0.15) is 0 Å². The summed E-state index contributed by atoms with van der Waals surface area (Å²) in [5.41, 5.74) is 7.03. The monoisotopic (exact) mass is 263 g/mol. The maximum absolute atomic E-state index is 13.9. The summed E-state index contributed by atoms with van der Waals surface area (Å²) in [6, 6.07) is 6.69. The SMILES string of the molecule is NC(c1ccccc1F)C1CCOC2(CCCC2)C1. The van der Waals surface area contributed by atoms with Crippen molar-refractivity contribution >= 4 is 0 Å². The molecule has 0 aromatic heterocycles. The predicted molar refractivity (Wildman–Crippen MR) is 73.2 cm³/mol. The summed E-state index contributed by atoms with van der Waals surface area (Å²) in [6.45, 7) is 0.771. The van der Waals surface area contributed by atoms with E-state index in [1.165, 1.54) is 18.9 Å². The van der Waals surface area contributed by atoms with Gasteiger partial charge >= 0.3 is 0 Å². The lowest BCUT2D eigenvalue weighted by molar-refractivity contribution is -0.0965. The highest BCUT2D eigenvalue weighted by Crippen LogP contribution is 2.44. The second kappa shape index (κ2) is 5.22. The highest BCUT2D eigenvalue weighted by Gasteiger charge is 2.41. The first-order chi connectivity index (χ1) is 9.20. The molecular formula is C16H22FNO. The van der Waals surface area contributed by atoms with Gasteiger partial charge in [-0.05, 0) is 37.7 Å². The van der Waals surface area contributed by atoms with E-state index in [1.54, 1.807) is 6.07 Å². The maximum Gasteiger partial charge on any atom is 0.127 e. The van der Waals surface area contributed by atoms with Crippen molar-refractivity contribution in [2.45, 2.75) is 50.2 Å². The van der Waals surface area contributed by atoms with Crippen LogP contribution in [0.5, 0.6) is 0 Å². The van der Waals surface area contributed by atoms with Crippen molar-refractivity contribution in [3.05, 3.63) is 35.6 Å². The number of benzene rings is 1. The average Bonchev–Trinajstić information content (AvgIpc) is 2.86. The van der Waals surface area contributed by atoms with E-state index in [9.17, 15) is 4.39 Å². The molecule has 2 unspecified atom stereocenters. The summed E-state index contributed by atoms with van der Waals surface area (Å²) < 4.78 is 19.9. The van der Waals surface area contributed by atoms with Crippen LogP contribution in [0.15, 0.2) is 24.3 Å². The Morgan fingerprint density at radius 1 is 1.26 bits per heavy atom. The fourth-order valence-corrected chi connectivity index (χ4v) is 3.74. The standard InChI is InChI=1S/C16H22FNO/c17-14-6-2-1-5-13(14)15(18)12-7-10-19-16(11-12)8-3-4-9-16/h1-2,5-6,12,15H,3-4,7-11,18H2. The molecule has 19 heavy (non-hydrogen) atoms. The Bertz CT molecular complexity index is 442. The Hall–Kier alpha value is -0.930. The molecule has 1 aromatic rings. The lowest BCUT2D eigenvalue weighted by Crippen LogP contribution is -2.40. The molecule has 1 saturated carbocycles. The quantitative estimate of drug-likeness (QED) is 0.885. The van der Waals surface area contributed by atoms with Crippen molar-refractivity contribution in [2.24, 2.45) is 11.7 Å². The fraction of sp³-hybridized carbons (Fsp3) is 0.625. The molecule has 2 nitrogen and oxygen atoms in total. The summed E-state index contributed by atoms with van der Waals surface area (Å²) >= 11 is 0.